The molecule has 9 nitrogen and oxygen atoms in total. The van der Waals surface area contributed by atoms with E-state index >= 15 is 0 Å². The molecule has 3 N–H and O–H groups in total. The molecular weight excluding hydrogens is 660 g/mol. The molecule has 0 aromatic heterocycles. The highest BCUT2D eigenvalue weighted by Gasteiger charge is 2.63. The first-order valence-corrected chi connectivity index (χ1v) is 20.9. The number of hydrogen-bond donors (Lipinski definition) is 3. The maximum absolute atomic E-state index is 14.5. The van der Waals surface area contributed by atoms with Crippen LogP contribution in [0.5, 0.6) is 0 Å². The van der Waals surface area contributed by atoms with Crippen LogP contribution in [0.2, 0.25) is 0 Å². The average molecular weight is 735 g/mol. The van der Waals surface area contributed by atoms with Crippen LogP contribution in [0.3, 0.4) is 0 Å². The lowest BCUT2D eigenvalue weighted by Crippen LogP contribution is -2.63. The van der Waals surface area contributed by atoms with Crippen molar-refractivity contribution in [2.24, 2.45) is 47.3 Å². The van der Waals surface area contributed by atoms with E-state index in [2.05, 4.69) is 41.5 Å². The van der Waals surface area contributed by atoms with Gasteiger partial charge in [-0.25, -0.2) is 0 Å². The first-order valence-electron chi connectivity index (χ1n) is 20.9. The zero-order chi connectivity index (χ0) is 38.6. The summed E-state index contributed by atoms with van der Waals surface area (Å²) in [7, 11) is 0. The highest BCUT2D eigenvalue weighted by atomic mass is 16.8. The molecule has 5 aliphatic rings. The molecule has 9 heteroatoms. The van der Waals surface area contributed by atoms with E-state index in [1.165, 1.54) is 0 Å². The predicted molar refractivity (Wildman–Crippen MR) is 201 cm³/mol. The fraction of sp³-hybridized carbons (Fsp3) is 0.930. The summed E-state index contributed by atoms with van der Waals surface area (Å²) in [6, 6.07) is 0. The third-order valence-corrected chi connectivity index (χ3v) is 14.6. The zero-order valence-electron chi connectivity index (χ0n) is 34.5. The second kappa shape index (κ2) is 15.9. The Kier molecular flexibility index (Phi) is 12.9. The fourth-order valence-electron chi connectivity index (χ4n) is 10.7. The Bertz CT molecular complexity index is 1250. The van der Waals surface area contributed by atoms with Crippen LogP contribution in [0, 0.1) is 47.3 Å². The Balaban J connectivity index is 1.31. The quantitative estimate of drug-likeness (QED) is 0.187. The van der Waals surface area contributed by atoms with Gasteiger partial charge in [-0.05, 0) is 102 Å². The summed E-state index contributed by atoms with van der Waals surface area (Å²) in [6.07, 6.45) is 7.53. The molecule has 5 heterocycles. The number of Topliss-reactive ketones (excluding diaryl/α,β-unsaturated/α-hetero) is 1. The van der Waals surface area contributed by atoms with E-state index in [1.807, 2.05) is 40.7 Å². The second-order valence-corrected chi connectivity index (χ2v) is 18.8. The van der Waals surface area contributed by atoms with Gasteiger partial charge in [-0.3, -0.25) is 4.79 Å². The van der Waals surface area contributed by atoms with Crippen LogP contribution in [0.4, 0.5) is 0 Å². The first-order chi connectivity index (χ1) is 24.2. The summed E-state index contributed by atoms with van der Waals surface area (Å²) < 4.78 is 33.8. The number of aliphatic hydroxyl groups excluding tert-OH is 2. The van der Waals surface area contributed by atoms with Crippen molar-refractivity contribution >= 4 is 5.78 Å². The minimum atomic E-state index is -1.33. The molecule has 0 unspecified atom stereocenters. The van der Waals surface area contributed by atoms with E-state index in [9.17, 15) is 20.1 Å². The van der Waals surface area contributed by atoms with Gasteiger partial charge in [0.25, 0.3) is 0 Å². The van der Waals surface area contributed by atoms with E-state index in [0.29, 0.717) is 49.9 Å². The summed E-state index contributed by atoms with van der Waals surface area (Å²) in [6.45, 7) is 24.9. The molecular formula is C43H74O9. The van der Waals surface area contributed by atoms with Crippen molar-refractivity contribution in [2.45, 2.75) is 206 Å². The Morgan fingerprint density at radius 3 is 2.19 bits per heavy atom. The first kappa shape index (κ1) is 42.2. The number of carbonyl (C=O) groups is 1. The molecule has 0 aromatic rings. The molecule has 0 aromatic carbocycles. The van der Waals surface area contributed by atoms with Crippen LogP contribution in [0.1, 0.15) is 141 Å². The molecule has 0 amide bonds. The third-order valence-electron chi connectivity index (χ3n) is 14.6. The number of rotatable bonds is 11. The third kappa shape index (κ3) is 7.87. The lowest BCUT2D eigenvalue weighted by atomic mass is 9.72. The standard InChI is InChI=1S/C43H74O9/c1-13-31(24(3)4)33-16-15-25(5)38(49-33)29(9)36(45)28(8)37(46)32(14-2)39-26(6)23-27(7)42(50-39)20-17-34(44)43(52-42)22-21-41(12,51-43)35-18-19-40(11,47)30(10)48-35/h17,20,24-36,38-39,44-45,47H,13-16,18-19,21-23H2,1-12H3/t25-,26-,27+,28-,29-,30-,31+,32-,33+,34+,35+,36+,38+,39-,40+,41-,42-,43-/m0/s1. The Morgan fingerprint density at radius 1 is 0.885 bits per heavy atom. The van der Waals surface area contributed by atoms with Gasteiger partial charge in [0.2, 0.25) is 5.79 Å². The van der Waals surface area contributed by atoms with E-state index in [0.717, 1.165) is 25.7 Å². The molecule has 18 atom stereocenters. The van der Waals surface area contributed by atoms with Crippen LogP contribution >= 0.6 is 0 Å². The maximum atomic E-state index is 14.5. The topological polar surface area (TPSA) is 124 Å². The van der Waals surface area contributed by atoms with Crippen molar-refractivity contribution in [3.05, 3.63) is 12.2 Å². The highest BCUT2D eigenvalue weighted by molar-refractivity contribution is 5.84. The van der Waals surface area contributed by atoms with Gasteiger partial charge in [0.1, 0.15) is 11.9 Å². The van der Waals surface area contributed by atoms with Gasteiger partial charge in [0.15, 0.2) is 5.79 Å². The van der Waals surface area contributed by atoms with Crippen molar-refractivity contribution in [1.82, 2.24) is 0 Å². The van der Waals surface area contributed by atoms with Gasteiger partial charge in [-0.15, -0.1) is 0 Å². The smallest absolute Gasteiger partial charge is 0.202 e. The molecule has 4 saturated heterocycles. The SMILES string of the molecule is CC[C@H](C(C)C)[C@H]1CC[C@H](C)[C@H]([C@@H](C)[C@H](O)[C@H](C)C(=O)[C@H](CC)[C@H]2O[C@]3(C=C[C@@H](O)[C@]4(CC[C@@](C)([C@H]5CC[C@@](C)(O)[C@H](C)O5)O4)O3)[C@H](C)C[C@@H]2C)O1. The van der Waals surface area contributed by atoms with Gasteiger partial charge in [0.05, 0.1) is 47.8 Å². The summed E-state index contributed by atoms with van der Waals surface area (Å²) >= 11 is 0. The van der Waals surface area contributed by atoms with Crippen molar-refractivity contribution in [3.8, 4) is 0 Å². The largest absolute Gasteiger partial charge is 0.392 e. The van der Waals surface area contributed by atoms with Crippen LogP contribution < -0.4 is 0 Å². The van der Waals surface area contributed by atoms with Crippen molar-refractivity contribution in [3.63, 3.8) is 0 Å². The van der Waals surface area contributed by atoms with Crippen LogP contribution in [-0.4, -0.2) is 86.6 Å². The van der Waals surface area contributed by atoms with Gasteiger partial charge in [-0.1, -0.05) is 68.7 Å². The zero-order valence-corrected chi connectivity index (χ0v) is 34.5. The van der Waals surface area contributed by atoms with E-state index < -0.39 is 52.9 Å². The van der Waals surface area contributed by atoms with Crippen LogP contribution in [0.15, 0.2) is 12.2 Å². The Labute approximate surface area is 314 Å². The summed E-state index contributed by atoms with van der Waals surface area (Å²) in [5.41, 5.74) is -1.62. The maximum Gasteiger partial charge on any atom is 0.202 e. The predicted octanol–water partition coefficient (Wildman–Crippen LogP) is 7.37. The molecule has 5 aliphatic heterocycles. The number of hydrogen-bond acceptors (Lipinski definition) is 9. The summed E-state index contributed by atoms with van der Waals surface area (Å²) in [5.74, 6) is -2.44. The van der Waals surface area contributed by atoms with Crippen molar-refractivity contribution in [2.75, 3.05) is 0 Å². The summed E-state index contributed by atoms with van der Waals surface area (Å²) in [4.78, 5) is 14.5. The van der Waals surface area contributed by atoms with Gasteiger partial charge in [0, 0.05) is 30.1 Å². The monoisotopic (exact) mass is 735 g/mol. The molecule has 2 spiro atoms. The van der Waals surface area contributed by atoms with Crippen LogP contribution in [0.25, 0.3) is 0 Å². The Morgan fingerprint density at radius 2 is 1.58 bits per heavy atom. The van der Waals surface area contributed by atoms with E-state index in [-0.39, 0.29) is 48.0 Å². The molecule has 52 heavy (non-hydrogen) atoms. The molecule has 0 saturated carbocycles. The summed E-state index contributed by atoms with van der Waals surface area (Å²) in [5, 5.41) is 34.0. The van der Waals surface area contributed by atoms with Gasteiger partial charge in [-0.2, -0.15) is 0 Å². The van der Waals surface area contributed by atoms with E-state index in [4.69, 9.17) is 23.7 Å². The molecule has 0 radical (unpaired) electrons. The molecule has 0 aliphatic carbocycles. The number of ether oxygens (including phenoxy) is 5. The van der Waals surface area contributed by atoms with E-state index in [1.54, 1.807) is 13.0 Å². The highest BCUT2D eigenvalue weighted by Crippen LogP contribution is 2.54. The van der Waals surface area contributed by atoms with Gasteiger partial charge < -0.3 is 39.0 Å². The second-order valence-electron chi connectivity index (χ2n) is 18.8. The fourth-order valence-corrected chi connectivity index (χ4v) is 10.7. The van der Waals surface area contributed by atoms with Crippen molar-refractivity contribution in [1.29, 1.82) is 0 Å². The van der Waals surface area contributed by atoms with Crippen molar-refractivity contribution < 1.29 is 43.8 Å². The molecule has 4 fully saturated rings. The normalized spacial score (nSPS) is 47.0. The minimum absolute atomic E-state index is 0.00992. The van der Waals surface area contributed by atoms with Crippen LogP contribution in [-0.2, 0) is 28.5 Å². The van der Waals surface area contributed by atoms with Gasteiger partial charge >= 0.3 is 0 Å². The Hall–Kier alpha value is -0.910. The lowest BCUT2D eigenvalue weighted by molar-refractivity contribution is -0.408. The molecule has 5 rings (SSSR count). The molecule has 0 bridgehead atoms. The number of aliphatic hydroxyl groups is 3. The minimum Gasteiger partial charge on any atom is -0.392 e. The number of carbonyl (C=O) groups excluding carboxylic acids is 1. The molecule has 300 valence electrons. The average Bonchev–Trinajstić information content (AvgIpc) is 3.43. The lowest BCUT2D eigenvalue weighted by Gasteiger charge is -2.54. The number of ketones is 1.